The van der Waals surface area contributed by atoms with Crippen molar-refractivity contribution in [1.29, 1.82) is 0 Å². The number of phenols is 1. The van der Waals surface area contributed by atoms with Crippen molar-refractivity contribution in [2.75, 3.05) is 19.1 Å². The summed E-state index contributed by atoms with van der Waals surface area (Å²) in [5, 5.41) is 10.3. The van der Waals surface area contributed by atoms with Crippen LogP contribution in [0.1, 0.15) is 25.3 Å². The predicted octanol–water partition coefficient (Wildman–Crippen LogP) is 5.35. The lowest BCUT2D eigenvalue weighted by Gasteiger charge is -2.41. The van der Waals surface area contributed by atoms with Gasteiger partial charge in [0.1, 0.15) is 0 Å². The fourth-order valence-electron chi connectivity index (χ4n) is 6.70. The number of rotatable bonds is 5. The number of anilines is 1. The van der Waals surface area contributed by atoms with Gasteiger partial charge >= 0.3 is 0 Å². The van der Waals surface area contributed by atoms with Crippen LogP contribution in [0.4, 0.5) is 5.69 Å². The second kappa shape index (κ2) is 10.5. The maximum atomic E-state index is 13.9. The number of imide groups is 1. The number of hydrogen-bond acceptors (Lipinski definition) is 7. The van der Waals surface area contributed by atoms with E-state index in [2.05, 4.69) is 15.9 Å². The summed E-state index contributed by atoms with van der Waals surface area (Å²) in [7, 11) is 2.87. The molecule has 3 aliphatic carbocycles. The number of phenolic OH excluding ortho intramolecular Hbond substituents is 1. The Hall–Kier alpha value is -4.24. The van der Waals surface area contributed by atoms with Crippen LogP contribution in [0.15, 0.2) is 81.4 Å². The zero-order valence-electron chi connectivity index (χ0n) is 23.2. The summed E-state index contributed by atoms with van der Waals surface area (Å²) in [6.07, 6.45) is 7.55. The molecule has 2 aromatic rings. The fraction of sp³-hybridized carbons (Fsp3) is 0.273. The molecule has 2 aromatic carbocycles. The van der Waals surface area contributed by atoms with E-state index in [9.17, 15) is 24.3 Å². The zero-order chi connectivity index (χ0) is 29.9. The van der Waals surface area contributed by atoms with Gasteiger partial charge < -0.3 is 14.6 Å². The van der Waals surface area contributed by atoms with Crippen LogP contribution >= 0.6 is 15.9 Å². The molecule has 214 valence electrons. The Morgan fingerprint density at radius 1 is 0.976 bits per heavy atom. The molecule has 0 spiro atoms. The molecule has 0 bridgehead atoms. The van der Waals surface area contributed by atoms with Gasteiger partial charge in [-0.1, -0.05) is 39.7 Å². The van der Waals surface area contributed by atoms with Crippen LogP contribution in [-0.4, -0.2) is 42.7 Å². The van der Waals surface area contributed by atoms with E-state index in [1.165, 1.54) is 25.2 Å². The molecule has 0 radical (unpaired) electrons. The van der Waals surface area contributed by atoms with Gasteiger partial charge in [0.25, 0.3) is 0 Å². The minimum Gasteiger partial charge on any atom is -0.502 e. The normalized spacial score (nSPS) is 25.3. The summed E-state index contributed by atoms with van der Waals surface area (Å²) < 4.78 is 11.4. The van der Waals surface area contributed by atoms with Gasteiger partial charge in [-0.15, -0.1) is 0 Å². The molecule has 1 saturated heterocycles. The van der Waals surface area contributed by atoms with E-state index in [1.54, 1.807) is 49.4 Å². The molecule has 1 N–H and O–H groups in total. The number of carbonyl (C=O) groups excluding carboxylic acids is 4. The first kappa shape index (κ1) is 27.9. The number of fused-ring (bicyclic) bond motifs is 3. The van der Waals surface area contributed by atoms with Crippen molar-refractivity contribution >= 4 is 51.1 Å². The van der Waals surface area contributed by atoms with E-state index in [1.807, 2.05) is 12.2 Å². The monoisotopic (exact) mass is 629 g/mol. The largest absolute Gasteiger partial charge is 0.502 e. The Morgan fingerprint density at radius 2 is 1.64 bits per heavy atom. The van der Waals surface area contributed by atoms with Crippen LogP contribution in [0.2, 0.25) is 0 Å². The highest BCUT2D eigenvalue weighted by Crippen LogP contribution is 2.53. The van der Waals surface area contributed by atoms with E-state index in [4.69, 9.17) is 9.47 Å². The number of ketones is 2. The fourth-order valence-corrected chi connectivity index (χ4v) is 6.96. The van der Waals surface area contributed by atoms with Gasteiger partial charge in [-0.25, -0.2) is 0 Å². The number of ether oxygens (including phenoxy) is 2. The first-order chi connectivity index (χ1) is 20.1. The van der Waals surface area contributed by atoms with Gasteiger partial charge in [-0.3, -0.25) is 24.1 Å². The SMILES string of the molecule is COc1cc(C=CC2C3=CCC4C(=O)N(c5ccc(Br)cc5)C(=O)C4C3CC3=C2C(=O)C(C)=CC3=O)cc(OC)c1O. The van der Waals surface area contributed by atoms with Crippen LogP contribution in [0.3, 0.4) is 0 Å². The zero-order valence-corrected chi connectivity index (χ0v) is 24.8. The van der Waals surface area contributed by atoms with Gasteiger partial charge in [-0.2, -0.15) is 0 Å². The minimum absolute atomic E-state index is 0.130. The molecule has 2 amide bonds. The summed E-state index contributed by atoms with van der Waals surface area (Å²) >= 11 is 3.40. The van der Waals surface area contributed by atoms with E-state index >= 15 is 0 Å². The van der Waals surface area contributed by atoms with Crippen molar-refractivity contribution in [1.82, 2.24) is 0 Å². The molecule has 6 rings (SSSR count). The van der Waals surface area contributed by atoms with Gasteiger partial charge in [0.05, 0.1) is 31.7 Å². The van der Waals surface area contributed by atoms with Gasteiger partial charge in [0.2, 0.25) is 17.6 Å². The third-order valence-corrected chi connectivity index (χ3v) is 9.21. The number of halogens is 1. The maximum Gasteiger partial charge on any atom is 0.238 e. The van der Waals surface area contributed by atoms with Crippen molar-refractivity contribution in [3.05, 3.63) is 87.0 Å². The van der Waals surface area contributed by atoms with E-state index in [-0.39, 0.29) is 47.1 Å². The van der Waals surface area contributed by atoms with Crippen LogP contribution in [0, 0.1) is 23.7 Å². The second-order valence-electron chi connectivity index (χ2n) is 10.9. The molecule has 0 aromatic heterocycles. The van der Waals surface area contributed by atoms with Gasteiger partial charge in [0.15, 0.2) is 23.1 Å². The molecule has 0 saturated carbocycles. The molecule has 1 fully saturated rings. The lowest BCUT2D eigenvalue weighted by atomic mass is 9.60. The number of methoxy groups -OCH3 is 2. The van der Waals surface area contributed by atoms with Crippen molar-refractivity contribution in [2.24, 2.45) is 23.7 Å². The maximum absolute atomic E-state index is 13.9. The van der Waals surface area contributed by atoms with Crippen LogP contribution in [0.5, 0.6) is 17.2 Å². The third kappa shape index (κ3) is 4.34. The Balaban J connectivity index is 1.43. The molecule has 9 heteroatoms. The number of carbonyl (C=O) groups is 4. The quantitative estimate of drug-likeness (QED) is 0.270. The minimum atomic E-state index is -0.644. The highest BCUT2D eigenvalue weighted by molar-refractivity contribution is 9.10. The number of hydrogen-bond donors (Lipinski definition) is 1. The Bertz CT molecular complexity index is 1660. The highest BCUT2D eigenvalue weighted by Gasteiger charge is 2.56. The number of benzene rings is 2. The van der Waals surface area contributed by atoms with E-state index in [0.717, 1.165) is 10.0 Å². The molecule has 4 unspecified atom stereocenters. The number of amides is 2. The lowest BCUT2D eigenvalue weighted by molar-refractivity contribution is -0.123. The highest BCUT2D eigenvalue weighted by atomic mass is 79.9. The summed E-state index contributed by atoms with van der Waals surface area (Å²) in [6.45, 7) is 1.63. The van der Waals surface area contributed by atoms with Crippen molar-refractivity contribution in [2.45, 2.75) is 19.8 Å². The first-order valence-corrected chi connectivity index (χ1v) is 14.4. The molecule has 42 heavy (non-hydrogen) atoms. The number of Topliss-reactive ketones (excluding diaryl/α,β-unsaturated/α-hetero) is 1. The smallest absolute Gasteiger partial charge is 0.238 e. The topological polar surface area (TPSA) is 110 Å². The molecule has 8 nitrogen and oxygen atoms in total. The van der Waals surface area contributed by atoms with Crippen molar-refractivity contribution in [3.63, 3.8) is 0 Å². The summed E-state index contributed by atoms with van der Waals surface area (Å²) in [5.74, 6) is -2.84. The van der Waals surface area contributed by atoms with E-state index < -0.39 is 23.7 Å². The average Bonchev–Trinajstić information content (AvgIpc) is 3.24. The average molecular weight is 630 g/mol. The molecule has 1 aliphatic heterocycles. The molecular formula is C33H28BrNO7. The number of aromatic hydroxyl groups is 1. The van der Waals surface area contributed by atoms with Crippen molar-refractivity contribution < 1.29 is 33.8 Å². The Labute approximate surface area is 251 Å². The second-order valence-corrected chi connectivity index (χ2v) is 11.8. The third-order valence-electron chi connectivity index (χ3n) is 8.68. The summed E-state index contributed by atoms with van der Waals surface area (Å²) in [5.41, 5.74) is 3.19. The molecule has 4 aliphatic rings. The molecule has 4 atom stereocenters. The van der Waals surface area contributed by atoms with Crippen molar-refractivity contribution in [3.8, 4) is 17.2 Å². The summed E-state index contributed by atoms with van der Waals surface area (Å²) in [6, 6.07) is 10.3. The van der Waals surface area contributed by atoms with Crippen LogP contribution in [-0.2, 0) is 19.2 Å². The van der Waals surface area contributed by atoms with E-state index in [0.29, 0.717) is 34.4 Å². The first-order valence-electron chi connectivity index (χ1n) is 13.6. The molecule has 1 heterocycles. The Morgan fingerprint density at radius 3 is 2.29 bits per heavy atom. The standard InChI is InChI=1S/C33H28BrNO7/c1-16-12-25(36)24-15-23-20(10-11-22-29(23)33(40)35(32(22)39)19-7-5-18(34)6-8-19)21(28(24)30(16)37)9-4-17-13-26(41-2)31(38)27(14-17)42-3/h4-10,12-14,21-23,29,38H,11,15H2,1-3H3. The lowest BCUT2D eigenvalue weighted by Crippen LogP contribution is -2.40. The number of nitrogens with zero attached hydrogens (tertiary/aromatic N) is 1. The van der Waals surface area contributed by atoms with Crippen LogP contribution in [0.25, 0.3) is 6.08 Å². The van der Waals surface area contributed by atoms with Crippen LogP contribution < -0.4 is 14.4 Å². The predicted molar refractivity (Wildman–Crippen MR) is 159 cm³/mol. The molecular weight excluding hydrogens is 602 g/mol. The van der Waals surface area contributed by atoms with Gasteiger partial charge in [-0.05, 0) is 73.7 Å². The Kier molecular flexibility index (Phi) is 7.01. The number of allylic oxidation sites excluding steroid dienone is 7. The van der Waals surface area contributed by atoms with Gasteiger partial charge in [0, 0.05) is 27.1 Å². The summed E-state index contributed by atoms with van der Waals surface area (Å²) in [4.78, 5) is 55.5.